The van der Waals surface area contributed by atoms with E-state index >= 15 is 0 Å². The third-order valence-electron chi connectivity index (χ3n) is 7.40. The Labute approximate surface area is 180 Å². The lowest BCUT2D eigenvalue weighted by Gasteiger charge is -2.37. The van der Waals surface area contributed by atoms with E-state index in [9.17, 15) is 17.6 Å². The Kier molecular flexibility index (Phi) is 9.08. The molecule has 30 heavy (non-hydrogen) atoms. The van der Waals surface area contributed by atoms with Crippen LogP contribution < -0.4 is 4.74 Å². The highest BCUT2D eigenvalue weighted by Crippen LogP contribution is 2.42. The number of hydrogen-bond donors (Lipinski definition) is 0. The number of rotatable bonds is 9. The normalized spacial score (nSPS) is 27.4. The molecule has 1 saturated heterocycles. The Morgan fingerprint density at radius 1 is 0.967 bits per heavy atom. The molecule has 3 rings (SSSR count). The van der Waals surface area contributed by atoms with Crippen LogP contribution in [0.25, 0.3) is 0 Å². The van der Waals surface area contributed by atoms with E-state index in [0.29, 0.717) is 17.9 Å². The van der Waals surface area contributed by atoms with Crippen LogP contribution in [0.2, 0.25) is 18.1 Å². The minimum absolute atomic E-state index is 0.407. The summed E-state index contributed by atoms with van der Waals surface area (Å²) in [6.07, 6.45) is 8.13. The van der Waals surface area contributed by atoms with Crippen LogP contribution >= 0.6 is 0 Å². The van der Waals surface area contributed by atoms with Gasteiger partial charge in [-0.05, 0) is 61.1 Å². The van der Waals surface area contributed by atoms with Crippen LogP contribution in [0.1, 0.15) is 63.9 Å². The van der Waals surface area contributed by atoms with Crippen LogP contribution in [0, 0.1) is 29.4 Å². The monoisotopic (exact) mass is 444 g/mol. The fourth-order valence-electron chi connectivity index (χ4n) is 5.72. The van der Waals surface area contributed by atoms with Gasteiger partial charge in [0.25, 0.3) is 6.43 Å². The summed E-state index contributed by atoms with van der Waals surface area (Å²) >= 11 is 0. The second-order valence-corrected chi connectivity index (χ2v) is 12.9. The molecule has 1 aliphatic carbocycles. The number of benzene rings is 1. The first-order chi connectivity index (χ1) is 14.5. The summed E-state index contributed by atoms with van der Waals surface area (Å²) in [4.78, 5) is 0. The van der Waals surface area contributed by atoms with Crippen LogP contribution in [-0.2, 0) is 6.42 Å². The zero-order valence-corrected chi connectivity index (χ0v) is 19.3. The smallest absolute Gasteiger partial charge is 0.272 e. The van der Waals surface area contributed by atoms with Gasteiger partial charge in [0.05, 0.1) is 0 Å². The summed E-state index contributed by atoms with van der Waals surface area (Å²) in [5.41, 5.74) is 0.579. The van der Waals surface area contributed by atoms with Crippen molar-refractivity contribution in [2.75, 3.05) is 6.61 Å². The SMILES string of the molecule is CCC[Si@H]1CC[C@H]([C@H]2CC[C@H](CCc3cc(F)c(OCC(F)F)c(F)c3)CC2)CC1. The topological polar surface area (TPSA) is 9.23 Å². The zero-order valence-electron chi connectivity index (χ0n) is 18.2. The number of aryl methyl sites for hydroxylation is 1. The van der Waals surface area contributed by atoms with Crippen molar-refractivity contribution < 1.29 is 22.3 Å². The van der Waals surface area contributed by atoms with E-state index in [1.54, 1.807) is 12.1 Å². The van der Waals surface area contributed by atoms with Gasteiger partial charge < -0.3 is 4.74 Å². The summed E-state index contributed by atoms with van der Waals surface area (Å²) in [6.45, 7) is 1.32. The Hall–Kier alpha value is -1.04. The maximum absolute atomic E-state index is 14.1. The van der Waals surface area contributed by atoms with E-state index < -0.39 is 39.2 Å². The van der Waals surface area contributed by atoms with E-state index in [0.717, 1.165) is 18.3 Å². The van der Waals surface area contributed by atoms with Crippen molar-refractivity contribution in [2.24, 2.45) is 17.8 Å². The van der Waals surface area contributed by atoms with Crippen LogP contribution in [0.5, 0.6) is 5.75 Å². The van der Waals surface area contributed by atoms with E-state index in [2.05, 4.69) is 11.7 Å². The van der Waals surface area contributed by atoms with Crippen LogP contribution in [0.15, 0.2) is 12.1 Å². The van der Waals surface area contributed by atoms with Crippen molar-refractivity contribution in [2.45, 2.75) is 89.3 Å². The highest BCUT2D eigenvalue weighted by Gasteiger charge is 2.31. The first-order valence-corrected chi connectivity index (χ1v) is 14.3. The van der Waals surface area contributed by atoms with Crippen LogP contribution in [0.4, 0.5) is 17.6 Å². The first-order valence-electron chi connectivity index (χ1n) is 11.8. The molecule has 0 N–H and O–H groups in total. The predicted octanol–water partition coefficient (Wildman–Crippen LogP) is 7.39. The standard InChI is InChI=1S/C24H36F4OSi/c1-2-11-30-12-9-20(10-13-30)19-7-5-17(6-8-19)3-4-18-14-21(25)24(22(26)15-18)29-16-23(27)28/h14-15,17,19-20,23,30H,2-13,16H2,1H3/t17-,19-,20-,30-. The van der Waals surface area contributed by atoms with Gasteiger partial charge in [0.1, 0.15) is 6.61 Å². The second-order valence-electron chi connectivity index (χ2n) is 9.48. The van der Waals surface area contributed by atoms with Gasteiger partial charge in [-0.2, -0.15) is 0 Å². The molecule has 6 heteroatoms. The molecule has 0 aromatic heterocycles. The summed E-state index contributed by atoms with van der Waals surface area (Å²) in [7, 11) is -0.407. The summed E-state index contributed by atoms with van der Waals surface area (Å²) < 4.78 is 57.1. The average molecular weight is 445 g/mol. The number of ether oxygens (including phenoxy) is 1. The largest absolute Gasteiger partial charge is 0.482 e. The molecule has 0 amide bonds. The molecular formula is C24H36F4OSi. The Bertz CT molecular complexity index is 630. The van der Waals surface area contributed by atoms with Crippen molar-refractivity contribution in [3.8, 4) is 5.75 Å². The molecule has 1 saturated carbocycles. The highest BCUT2D eigenvalue weighted by molar-refractivity contribution is 6.58. The minimum atomic E-state index is -2.76. The van der Waals surface area contributed by atoms with Gasteiger partial charge in [-0.3, -0.25) is 0 Å². The van der Waals surface area contributed by atoms with E-state index in [1.807, 2.05) is 0 Å². The van der Waals surface area contributed by atoms with Gasteiger partial charge in [0.2, 0.25) is 0 Å². The summed E-state index contributed by atoms with van der Waals surface area (Å²) in [6, 6.07) is 7.08. The quantitative estimate of drug-likeness (QED) is 0.285. The fourth-order valence-corrected chi connectivity index (χ4v) is 9.20. The van der Waals surface area contributed by atoms with Gasteiger partial charge in [-0.25, -0.2) is 17.6 Å². The Morgan fingerprint density at radius 3 is 2.13 bits per heavy atom. The fraction of sp³-hybridized carbons (Fsp3) is 0.750. The van der Waals surface area contributed by atoms with Gasteiger partial charge in [-0.15, -0.1) is 0 Å². The second kappa shape index (κ2) is 11.5. The van der Waals surface area contributed by atoms with Gasteiger partial charge in [-0.1, -0.05) is 57.2 Å². The molecule has 2 fully saturated rings. The number of halogens is 4. The molecule has 0 radical (unpaired) electrons. The van der Waals surface area contributed by atoms with Crippen LogP contribution in [-0.4, -0.2) is 21.8 Å². The molecule has 1 aromatic carbocycles. The summed E-state index contributed by atoms with van der Waals surface area (Å²) in [5.74, 6) is -0.0353. The lowest BCUT2D eigenvalue weighted by molar-refractivity contribution is 0.0777. The Morgan fingerprint density at radius 2 is 1.57 bits per heavy atom. The molecule has 0 unspecified atom stereocenters. The maximum atomic E-state index is 14.1. The zero-order chi connectivity index (χ0) is 21.5. The third-order valence-corrected chi connectivity index (χ3v) is 11.1. The van der Waals surface area contributed by atoms with Crippen molar-refractivity contribution in [1.29, 1.82) is 0 Å². The molecule has 2 aliphatic rings. The predicted molar refractivity (Wildman–Crippen MR) is 116 cm³/mol. The van der Waals surface area contributed by atoms with Crippen molar-refractivity contribution in [3.05, 3.63) is 29.3 Å². The summed E-state index contributed by atoms with van der Waals surface area (Å²) in [5, 5.41) is 0. The molecular weight excluding hydrogens is 408 g/mol. The third kappa shape index (κ3) is 6.73. The van der Waals surface area contributed by atoms with E-state index in [4.69, 9.17) is 0 Å². The van der Waals surface area contributed by atoms with E-state index in [-0.39, 0.29) is 0 Å². The number of hydrogen-bond acceptors (Lipinski definition) is 1. The average Bonchev–Trinajstić information content (AvgIpc) is 2.73. The molecule has 170 valence electrons. The molecule has 0 atom stereocenters. The number of alkyl halides is 2. The van der Waals surface area contributed by atoms with Gasteiger partial charge in [0, 0.05) is 8.80 Å². The molecule has 1 nitrogen and oxygen atoms in total. The molecule has 1 aliphatic heterocycles. The van der Waals surface area contributed by atoms with Crippen LogP contribution in [0.3, 0.4) is 0 Å². The van der Waals surface area contributed by atoms with Gasteiger partial charge >= 0.3 is 0 Å². The maximum Gasteiger partial charge on any atom is 0.272 e. The molecule has 0 bridgehead atoms. The van der Waals surface area contributed by atoms with Crippen molar-refractivity contribution in [1.82, 2.24) is 0 Å². The van der Waals surface area contributed by atoms with E-state index in [1.165, 1.54) is 63.1 Å². The minimum Gasteiger partial charge on any atom is -0.482 e. The van der Waals surface area contributed by atoms with Crippen molar-refractivity contribution in [3.63, 3.8) is 0 Å². The first kappa shape index (κ1) is 23.6. The Balaban J connectivity index is 1.41. The van der Waals surface area contributed by atoms with Crippen molar-refractivity contribution >= 4 is 8.80 Å². The van der Waals surface area contributed by atoms with Gasteiger partial charge in [0.15, 0.2) is 17.4 Å². The molecule has 0 spiro atoms. The highest BCUT2D eigenvalue weighted by atomic mass is 28.3. The molecule has 1 heterocycles. The lowest BCUT2D eigenvalue weighted by atomic mass is 9.73. The molecule has 1 aromatic rings. The lowest BCUT2D eigenvalue weighted by Crippen LogP contribution is -2.28.